The van der Waals surface area contributed by atoms with Crippen LogP contribution < -0.4 is 5.32 Å². The number of ether oxygens (including phenoxy) is 1. The van der Waals surface area contributed by atoms with Crippen molar-refractivity contribution in [2.24, 2.45) is 10.4 Å². The zero-order valence-corrected chi connectivity index (χ0v) is 18.9. The molecule has 4 nitrogen and oxygen atoms in total. The van der Waals surface area contributed by atoms with Gasteiger partial charge < -0.3 is 15.0 Å². The summed E-state index contributed by atoms with van der Waals surface area (Å²) in [7, 11) is 1.93. The third-order valence-electron chi connectivity index (χ3n) is 7.03. The van der Waals surface area contributed by atoms with Gasteiger partial charge in [-0.3, -0.25) is 4.99 Å². The predicted molar refractivity (Wildman–Crippen MR) is 122 cm³/mol. The van der Waals surface area contributed by atoms with Crippen LogP contribution in [0.15, 0.2) is 35.3 Å². The van der Waals surface area contributed by atoms with Crippen molar-refractivity contribution >= 4 is 29.9 Å². The van der Waals surface area contributed by atoms with Gasteiger partial charge in [0.25, 0.3) is 0 Å². The molecule has 0 unspecified atom stereocenters. The average Bonchev–Trinajstić information content (AvgIpc) is 3.34. The van der Waals surface area contributed by atoms with Gasteiger partial charge in [0, 0.05) is 45.3 Å². The summed E-state index contributed by atoms with van der Waals surface area (Å²) < 4.78 is 5.67. The van der Waals surface area contributed by atoms with Gasteiger partial charge in [-0.25, -0.2) is 0 Å². The minimum atomic E-state index is 0. The Bertz CT molecular complexity index is 622. The summed E-state index contributed by atoms with van der Waals surface area (Å²) in [4.78, 5) is 7.14. The van der Waals surface area contributed by atoms with E-state index in [0.717, 1.165) is 45.1 Å². The van der Waals surface area contributed by atoms with E-state index in [-0.39, 0.29) is 29.4 Å². The van der Waals surface area contributed by atoms with Crippen molar-refractivity contribution in [1.29, 1.82) is 0 Å². The van der Waals surface area contributed by atoms with E-state index in [2.05, 4.69) is 45.5 Å². The summed E-state index contributed by atoms with van der Waals surface area (Å²) in [5.41, 5.74) is 2.16. The van der Waals surface area contributed by atoms with E-state index in [0.29, 0.717) is 5.41 Å². The van der Waals surface area contributed by atoms with E-state index in [9.17, 15) is 0 Å². The summed E-state index contributed by atoms with van der Waals surface area (Å²) in [6, 6.07) is 11.0. The highest BCUT2D eigenvalue weighted by molar-refractivity contribution is 14.0. The maximum absolute atomic E-state index is 5.67. The molecule has 2 saturated heterocycles. The molecule has 1 spiro atoms. The molecule has 4 rings (SSSR count). The number of nitrogens with one attached hydrogen (secondary N) is 1. The molecule has 2 heterocycles. The minimum Gasteiger partial charge on any atom is -0.381 e. The zero-order valence-electron chi connectivity index (χ0n) is 16.6. The molecule has 3 aliphatic rings. The highest BCUT2D eigenvalue weighted by Crippen LogP contribution is 2.45. The molecule has 1 aromatic carbocycles. The molecule has 0 amide bonds. The lowest BCUT2D eigenvalue weighted by Crippen LogP contribution is -2.49. The number of hydrogen-bond donors (Lipinski definition) is 1. The largest absolute Gasteiger partial charge is 0.381 e. The normalized spacial score (nSPS) is 24.0. The van der Waals surface area contributed by atoms with Crippen molar-refractivity contribution in [3.8, 4) is 0 Å². The van der Waals surface area contributed by atoms with Crippen molar-refractivity contribution in [2.75, 3.05) is 39.9 Å². The van der Waals surface area contributed by atoms with Crippen molar-refractivity contribution in [3.05, 3.63) is 35.9 Å². The molecular weight excluding hydrogens is 449 g/mol. The molecule has 27 heavy (non-hydrogen) atoms. The van der Waals surface area contributed by atoms with Crippen LogP contribution in [0.2, 0.25) is 0 Å². The van der Waals surface area contributed by atoms with Crippen LogP contribution in [0.25, 0.3) is 0 Å². The molecule has 0 radical (unpaired) electrons. The summed E-state index contributed by atoms with van der Waals surface area (Å²) in [6.07, 6.45) is 9.13. The SMILES string of the molecule is CN=C(NCC1(c2ccccc2)CCOCC1)N1CCC2(CCCC2)C1.I. The van der Waals surface area contributed by atoms with Crippen LogP contribution >= 0.6 is 24.0 Å². The average molecular weight is 483 g/mol. The lowest BCUT2D eigenvalue weighted by molar-refractivity contribution is 0.0512. The molecule has 1 saturated carbocycles. The summed E-state index contributed by atoms with van der Waals surface area (Å²) >= 11 is 0. The third kappa shape index (κ3) is 4.44. The number of nitrogens with zero attached hydrogens (tertiary/aromatic N) is 2. The Balaban J connectivity index is 0.00000210. The number of aliphatic imine (C=N–C) groups is 1. The number of benzene rings is 1. The van der Waals surface area contributed by atoms with E-state index in [4.69, 9.17) is 4.74 Å². The molecule has 3 fully saturated rings. The summed E-state index contributed by atoms with van der Waals surface area (Å²) in [5, 5.41) is 3.75. The first-order valence-corrected chi connectivity index (χ1v) is 10.3. The number of hydrogen-bond acceptors (Lipinski definition) is 2. The molecule has 2 aliphatic heterocycles. The van der Waals surface area contributed by atoms with Gasteiger partial charge in [-0.05, 0) is 43.1 Å². The Morgan fingerprint density at radius 1 is 1.07 bits per heavy atom. The Kier molecular flexibility index (Phi) is 7.06. The smallest absolute Gasteiger partial charge is 0.193 e. The van der Waals surface area contributed by atoms with Gasteiger partial charge in [-0.15, -0.1) is 24.0 Å². The summed E-state index contributed by atoms with van der Waals surface area (Å²) in [5.74, 6) is 1.09. The second-order valence-electron chi connectivity index (χ2n) is 8.54. The van der Waals surface area contributed by atoms with Crippen molar-refractivity contribution in [3.63, 3.8) is 0 Å². The molecule has 5 heteroatoms. The van der Waals surface area contributed by atoms with Crippen molar-refractivity contribution in [1.82, 2.24) is 10.2 Å². The Morgan fingerprint density at radius 3 is 2.44 bits per heavy atom. The first kappa shape index (κ1) is 20.9. The third-order valence-corrected chi connectivity index (χ3v) is 7.03. The van der Waals surface area contributed by atoms with Gasteiger partial charge in [-0.1, -0.05) is 43.2 Å². The van der Waals surface area contributed by atoms with Crippen LogP contribution in [0.3, 0.4) is 0 Å². The molecule has 1 aliphatic carbocycles. The van der Waals surface area contributed by atoms with Crippen LogP contribution in [0.5, 0.6) is 0 Å². The van der Waals surface area contributed by atoms with E-state index < -0.39 is 0 Å². The monoisotopic (exact) mass is 483 g/mol. The predicted octanol–water partition coefficient (Wildman–Crippen LogP) is 4.19. The van der Waals surface area contributed by atoms with Crippen LogP contribution in [0.1, 0.15) is 50.5 Å². The summed E-state index contributed by atoms with van der Waals surface area (Å²) in [6.45, 7) is 4.98. The number of likely N-dealkylation sites (tertiary alicyclic amines) is 1. The minimum absolute atomic E-state index is 0. The molecule has 0 aromatic heterocycles. The van der Waals surface area contributed by atoms with Crippen LogP contribution in [0.4, 0.5) is 0 Å². The number of rotatable bonds is 3. The maximum Gasteiger partial charge on any atom is 0.193 e. The second kappa shape index (κ2) is 9.12. The molecule has 1 aromatic rings. The fourth-order valence-electron chi connectivity index (χ4n) is 5.35. The number of halogens is 1. The standard InChI is InChI=1S/C22H33N3O.HI/c1-23-20(25-14-11-21(18-25)9-5-6-10-21)24-17-22(12-15-26-16-13-22)19-7-3-2-4-8-19;/h2-4,7-8H,5-6,9-18H2,1H3,(H,23,24);1H. The topological polar surface area (TPSA) is 36.9 Å². The van der Waals surface area contributed by atoms with E-state index in [1.807, 2.05) is 7.05 Å². The van der Waals surface area contributed by atoms with E-state index in [1.54, 1.807) is 0 Å². The Morgan fingerprint density at radius 2 is 1.78 bits per heavy atom. The lowest BCUT2D eigenvalue weighted by Gasteiger charge is -2.39. The molecule has 150 valence electrons. The van der Waals surface area contributed by atoms with E-state index in [1.165, 1.54) is 44.2 Å². The molecule has 1 N–H and O–H groups in total. The first-order valence-electron chi connectivity index (χ1n) is 10.3. The fraction of sp³-hybridized carbons (Fsp3) is 0.682. The van der Waals surface area contributed by atoms with Gasteiger partial charge >= 0.3 is 0 Å². The maximum atomic E-state index is 5.67. The second-order valence-corrected chi connectivity index (χ2v) is 8.54. The Labute approximate surface area is 181 Å². The van der Waals surface area contributed by atoms with Crippen molar-refractivity contribution < 1.29 is 4.74 Å². The van der Waals surface area contributed by atoms with Crippen molar-refractivity contribution in [2.45, 2.75) is 50.4 Å². The van der Waals surface area contributed by atoms with Gasteiger partial charge in [0.2, 0.25) is 0 Å². The Hall–Kier alpha value is -0.820. The lowest BCUT2D eigenvalue weighted by atomic mass is 9.74. The molecule has 0 bridgehead atoms. The highest BCUT2D eigenvalue weighted by atomic mass is 127. The van der Waals surface area contributed by atoms with E-state index >= 15 is 0 Å². The van der Waals surface area contributed by atoms with Crippen LogP contribution in [0, 0.1) is 5.41 Å². The zero-order chi connectivity index (χ0) is 17.9. The molecular formula is C22H34IN3O. The molecule has 0 atom stereocenters. The van der Waals surface area contributed by atoms with Crippen LogP contribution in [-0.4, -0.2) is 50.8 Å². The quantitative estimate of drug-likeness (QED) is 0.398. The van der Waals surface area contributed by atoms with Gasteiger partial charge in [0.15, 0.2) is 5.96 Å². The van der Waals surface area contributed by atoms with Gasteiger partial charge in [0.05, 0.1) is 0 Å². The van der Waals surface area contributed by atoms with Gasteiger partial charge in [0.1, 0.15) is 0 Å². The van der Waals surface area contributed by atoms with Crippen LogP contribution in [-0.2, 0) is 10.2 Å². The number of guanidine groups is 1. The van der Waals surface area contributed by atoms with Gasteiger partial charge in [-0.2, -0.15) is 0 Å². The first-order chi connectivity index (χ1) is 12.8. The fourth-order valence-corrected chi connectivity index (χ4v) is 5.35. The highest BCUT2D eigenvalue weighted by Gasteiger charge is 2.41.